The molecule has 1 aliphatic rings. The van der Waals surface area contributed by atoms with Gasteiger partial charge in [-0.3, -0.25) is 0 Å². The van der Waals surface area contributed by atoms with Gasteiger partial charge in [0.2, 0.25) is 0 Å². The molecule has 0 aromatic heterocycles. The van der Waals surface area contributed by atoms with Crippen molar-refractivity contribution in [2.24, 2.45) is 0 Å². The summed E-state index contributed by atoms with van der Waals surface area (Å²) in [7, 11) is 0. The molecule has 0 N–H and O–H groups in total. The average Bonchev–Trinajstić information content (AvgIpc) is 3.74. The molecule has 13 rings (SSSR count). The van der Waals surface area contributed by atoms with Crippen molar-refractivity contribution in [3.8, 4) is 55.6 Å². The topological polar surface area (TPSA) is 3.24 Å². The summed E-state index contributed by atoms with van der Waals surface area (Å²) in [5.74, 6) is 0. The van der Waals surface area contributed by atoms with Gasteiger partial charge < -0.3 is 4.90 Å². The van der Waals surface area contributed by atoms with E-state index >= 15 is 0 Å². The third kappa shape index (κ3) is 7.02. The van der Waals surface area contributed by atoms with E-state index in [1.807, 2.05) is 0 Å². The van der Waals surface area contributed by atoms with Crippen LogP contribution in [0.5, 0.6) is 0 Å². The van der Waals surface area contributed by atoms with Crippen LogP contribution in [-0.2, 0) is 5.41 Å². The van der Waals surface area contributed by atoms with E-state index < -0.39 is 5.41 Å². The zero-order valence-electron chi connectivity index (χ0n) is 38.6. The molecule has 0 spiro atoms. The maximum absolute atomic E-state index is 2.50. The lowest BCUT2D eigenvalue weighted by Gasteiger charge is -2.35. The van der Waals surface area contributed by atoms with Gasteiger partial charge in [-0.1, -0.05) is 237 Å². The first-order valence-electron chi connectivity index (χ1n) is 24.2. The third-order valence-electron chi connectivity index (χ3n) is 14.5. The predicted octanol–water partition coefficient (Wildman–Crippen LogP) is 18.5. The molecule has 0 unspecified atom stereocenters. The summed E-state index contributed by atoms with van der Waals surface area (Å²) in [6.07, 6.45) is 0. The maximum atomic E-state index is 2.50. The SMILES string of the molecule is c1ccc(-c2cccc(-c3ccc(N(c4ccc5c(c4)C(c4ccccc4)(c4ccccc4)c4ccccc4-5)c4cc(-c5ccc6ccccc6c5)ccc4-c4ccc5ccccc5c4)cc3)c2)cc1. The summed E-state index contributed by atoms with van der Waals surface area (Å²) in [6.45, 7) is 0. The molecule has 328 valence electrons. The summed E-state index contributed by atoms with van der Waals surface area (Å²) < 4.78 is 0. The molecule has 0 aliphatic heterocycles. The van der Waals surface area contributed by atoms with E-state index in [9.17, 15) is 0 Å². The number of anilines is 3. The van der Waals surface area contributed by atoms with Gasteiger partial charge in [-0.05, 0) is 142 Å². The van der Waals surface area contributed by atoms with Gasteiger partial charge >= 0.3 is 0 Å². The smallest absolute Gasteiger partial charge is 0.0714 e. The first kappa shape index (κ1) is 41.2. The van der Waals surface area contributed by atoms with Crippen LogP contribution in [0.2, 0.25) is 0 Å². The number of rotatable bonds is 9. The van der Waals surface area contributed by atoms with E-state index in [-0.39, 0.29) is 0 Å². The minimum atomic E-state index is -0.558. The first-order chi connectivity index (χ1) is 34.7. The van der Waals surface area contributed by atoms with Crippen LogP contribution in [0.1, 0.15) is 22.3 Å². The van der Waals surface area contributed by atoms with Crippen LogP contribution in [-0.4, -0.2) is 0 Å². The largest absolute Gasteiger partial charge is 0.310 e. The Balaban J connectivity index is 1.06. The second-order valence-electron chi connectivity index (χ2n) is 18.4. The van der Waals surface area contributed by atoms with Gasteiger partial charge in [0.1, 0.15) is 0 Å². The molecule has 12 aromatic carbocycles. The fourth-order valence-electron chi connectivity index (χ4n) is 11.2. The lowest BCUT2D eigenvalue weighted by Crippen LogP contribution is -2.28. The van der Waals surface area contributed by atoms with Crippen molar-refractivity contribution in [2.75, 3.05) is 4.90 Å². The summed E-state index contributed by atoms with van der Waals surface area (Å²) in [4.78, 5) is 2.50. The van der Waals surface area contributed by atoms with Crippen molar-refractivity contribution in [3.63, 3.8) is 0 Å². The van der Waals surface area contributed by atoms with E-state index in [0.717, 1.165) is 39.3 Å². The zero-order valence-corrected chi connectivity index (χ0v) is 38.6. The fraction of sp³-hybridized carbons (Fsp3) is 0.0145. The van der Waals surface area contributed by atoms with E-state index in [2.05, 4.69) is 290 Å². The molecule has 0 radical (unpaired) electrons. The Labute approximate surface area is 409 Å². The number of hydrogen-bond acceptors (Lipinski definition) is 1. The quantitative estimate of drug-likeness (QED) is 0.140. The average molecular weight is 890 g/mol. The predicted molar refractivity (Wildman–Crippen MR) is 295 cm³/mol. The molecule has 0 amide bonds. The molecule has 0 bridgehead atoms. The molecule has 0 fully saturated rings. The maximum Gasteiger partial charge on any atom is 0.0714 e. The molecule has 1 heteroatoms. The van der Waals surface area contributed by atoms with E-state index in [1.54, 1.807) is 0 Å². The summed E-state index contributed by atoms with van der Waals surface area (Å²) in [6, 6.07) is 105. The fourth-order valence-corrected chi connectivity index (χ4v) is 11.2. The van der Waals surface area contributed by atoms with Crippen LogP contribution in [0.3, 0.4) is 0 Å². The Morgan fingerprint density at radius 1 is 0.229 bits per heavy atom. The standard InChI is InChI=1S/C69H47N/c1-4-17-48(18-5-1)54-23-16-24-55(43-54)51-35-38-61(39-36-51)70(62-40-42-65-64-29-14-15-30-66(64)69(67(65)47-62,59-25-6-2-7-26-59)60-27-8-3-9-28-60)68-46-57(56-33-31-49-19-10-12-21-52(49)44-56)37-41-63(68)58-34-32-50-20-11-13-22-53(50)45-58/h1-47H. The monoisotopic (exact) mass is 889 g/mol. The number of fused-ring (bicyclic) bond motifs is 5. The van der Waals surface area contributed by atoms with Gasteiger partial charge in [-0.2, -0.15) is 0 Å². The van der Waals surface area contributed by atoms with Gasteiger partial charge in [0, 0.05) is 16.9 Å². The third-order valence-corrected chi connectivity index (χ3v) is 14.5. The molecule has 12 aromatic rings. The Bertz CT molecular complexity index is 3830. The summed E-state index contributed by atoms with van der Waals surface area (Å²) in [5, 5.41) is 4.89. The van der Waals surface area contributed by atoms with Crippen LogP contribution in [0.25, 0.3) is 77.2 Å². The number of hydrogen-bond donors (Lipinski definition) is 0. The molecule has 1 aliphatic carbocycles. The molecular weight excluding hydrogens is 843 g/mol. The second-order valence-corrected chi connectivity index (χ2v) is 18.4. The Kier molecular flexibility index (Phi) is 10.1. The highest BCUT2D eigenvalue weighted by molar-refractivity contribution is 5.97. The summed E-state index contributed by atoms with van der Waals surface area (Å²) in [5.41, 5.74) is 19.7. The van der Waals surface area contributed by atoms with Gasteiger partial charge in [0.25, 0.3) is 0 Å². The van der Waals surface area contributed by atoms with Crippen LogP contribution >= 0.6 is 0 Å². The number of benzene rings is 12. The highest BCUT2D eigenvalue weighted by atomic mass is 15.1. The van der Waals surface area contributed by atoms with E-state index in [4.69, 9.17) is 0 Å². The first-order valence-corrected chi connectivity index (χ1v) is 24.2. The number of nitrogens with zero attached hydrogens (tertiary/aromatic N) is 1. The van der Waals surface area contributed by atoms with Crippen LogP contribution in [0, 0.1) is 0 Å². The van der Waals surface area contributed by atoms with Crippen molar-refractivity contribution in [1.82, 2.24) is 0 Å². The van der Waals surface area contributed by atoms with Crippen molar-refractivity contribution >= 4 is 38.6 Å². The van der Waals surface area contributed by atoms with Crippen molar-refractivity contribution in [3.05, 3.63) is 307 Å². The minimum Gasteiger partial charge on any atom is -0.310 e. The van der Waals surface area contributed by atoms with Gasteiger partial charge in [-0.25, -0.2) is 0 Å². The molecule has 0 saturated carbocycles. The lowest BCUT2D eigenvalue weighted by molar-refractivity contribution is 0.768. The highest BCUT2D eigenvalue weighted by Crippen LogP contribution is 2.57. The normalized spacial score (nSPS) is 12.4. The molecule has 0 heterocycles. The molecule has 70 heavy (non-hydrogen) atoms. The Hall–Kier alpha value is -9.04. The second kappa shape index (κ2) is 17.2. The highest BCUT2D eigenvalue weighted by Gasteiger charge is 2.46. The van der Waals surface area contributed by atoms with Crippen molar-refractivity contribution in [2.45, 2.75) is 5.41 Å². The van der Waals surface area contributed by atoms with Crippen LogP contribution < -0.4 is 4.90 Å². The lowest BCUT2D eigenvalue weighted by atomic mass is 9.67. The Morgan fingerprint density at radius 2 is 0.671 bits per heavy atom. The van der Waals surface area contributed by atoms with Gasteiger partial charge in [0.05, 0.1) is 11.1 Å². The molecule has 0 saturated heterocycles. The minimum absolute atomic E-state index is 0.558. The van der Waals surface area contributed by atoms with E-state index in [1.165, 1.54) is 77.2 Å². The molecule has 1 nitrogen and oxygen atoms in total. The van der Waals surface area contributed by atoms with Crippen LogP contribution in [0.4, 0.5) is 17.1 Å². The van der Waals surface area contributed by atoms with Gasteiger partial charge in [-0.15, -0.1) is 0 Å². The zero-order chi connectivity index (χ0) is 46.4. The summed E-state index contributed by atoms with van der Waals surface area (Å²) >= 11 is 0. The van der Waals surface area contributed by atoms with Crippen LogP contribution in [0.15, 0.2) is 285 Å². The van der Waals surface area contributed by atoms with Crippen molar-refractivity contribution < 1.29 is 0 Å². The molecular formula is C69H47N. The Morgan fingerprint density at radius 3 is 1.34 bits per heavy atom. The van der Waals surface area contributed by atoms with E-state index in [0.29, 0.717) is 0 Å². The molecule has 0 atom stereocenters. The van der Waals surface area contributed by atoms with Gasteiger partial charge in [0.15, 0.2) is 0 Å². The van der Waals surface area contributed by atoms with Crippen molar-refractivity contribution in [1.29, 1.82) is 0 Å².